The van der Waals surface area contributed by atoms with Gasteiger partial charge in [0.15, 0.2) is 0 Å². The lowest BCUT2D eigenvalue weighted by molar-refractivity contribution is 0.217. The minimum Gasteiger partial charge on any atom is -0.329 e. The van der Waals surface area contributed by atoms with Crippen molar-refractivity contribution < 1.29 is 0 Å². The molecule has 1 saturated carbocycles. The van der Waals surface area contributed by atoms with Gasteiger partial charge < -0.3 is 4.57 Å². The van der Waals surface area contributed by atoms with E-state index in [9.17, 15) is 4.79 Å². The fraction of sp³-hybridized carbons (Fsp3) is 0.500. The number of nitrogens with zero attached hydrogens (tertiary/aromatic N) is 2. The van der Waals surface area contributed by atoms with Crippen molar-refractivity contribution in [2.24, 2.45) is 5.41 Å². The highest BCUT2D eigenvalue weighted by molar-refractivity contribution is 5.78. The molecule has 98 valence electrons. The molecule has 1 aliphatic carbocycles. The van der Waals surface area contributed by atoms with Crippen molar-refractivity contribution in [3.63, 3.8) is 0 Å². The zero-order chi connectivity index (χ0) is 12.9. The average Bonchev–Trinajstić information content (AvgIpc) is 2.87. The van der Waals surface area contributed by atoms with Crippen molar-refractivity contribution >= 4 is 10.9 Å². The Bertz CT molecular complexity index is 695. The quantitative estimate of drug-likeness (QED) is 0.724. The van der Waals surface area contributed by atoms with Crippen LogP contribution in [0.5, 0.6) is 0 Å². The van der Waals surface area contributed by atoms with Gasteiger partial charge in [-0.25, -0.2) is 0 Å². The topological polar surface area (TPSA) is 34.9 Å². The van der Waals surface area contributed by atoms with Crippen LogP contribution in [0.25, 0.3) is 10.9 Å². The summed E-state index contributed by atoms with van der Waals surface area (Å²) in [6.45, 7) is 1.02. The Morgan fingerprint density at radius 2 is 1.89 bits per heavy atom. The molecule has 1 aromatic heterocycles. The minimum atomic E-state index is -0.0584. The maximum absolute atomic E-state index is 12.1. The van der Waals surface area contributed by atoms with Crippen LogP contribution in [0.15, 0.2) is 29.1 Å². The van der Waals surface area contributed by atoms with Gasteiger partial charge in [0, 0.05) is 13.0 Å². The zero-order valence-electron chi connectivity index (χ0n) is 11.1. The van der Waals surface area contributed by atoms with Gasteiger partial charge in [0.25, 0.3) is 5.56 Å². The highest BCUT2D eigenvalue weighted by Crippen LogP contribution is 2.46. The Labute approximate surface area is 112 Å². The minimum absolute atomic E-state index is 0.0584. The van der Waals surface area contributed by atoms with Gasteiger partial charge in [-0.1, -0.05) is 25.0 Å². The number of aromatic nitrogens is 2. The van der Waals surface area contributed by atoms with Crippen LogP contribution in [0.3, 0.4) is 0 Å². The summed E-state index contributed by atoms with van der Waals surface area (Å²) in [5.74, 6) is 1.01. The predicted octanol–water partition coefficient (Wildman–Crippen LogP) is 2.90. The van der Waals surface area contributed by atoms with Crippen molar-refractivity contribution in [3.05, 3.63) is 40.4 Å². The maximum atomic E-state index is 12.1. The molecule has 3 heteroatoms. The molecule has 0 radical (unpaired) electrons. The summed E-state index contributed by atoms with van der Waals surface area (Å²) in [5.41, 5.74) is 1.45. The van der Waals surface area contributed by atoms with E-state index in [1.165, 1.54) is 32.1 Å². The molecule has 0 unspecified atom stereocenters. The maximum Gasteiger partial charge on any atom is 0.280 e. The van der Waals surface area contributed by atoms with Gasteiger partial charge in [-0.15, -0.1) is 0 Å². The van der Waals surface area contributed by atoms with Crippen molar-refractivity contribution in [3.8, 4) is 0 Å². The number of para-hydroxylation sites is 1. The first-order valence-corrected chi connectivity index (χ1v) is 7.26. The second-order valence-corrected chi connectivity index (χ2v) is 6.14. The van der Waals surface area contributed by atoms with Crippen molar-refractivity contribution in [1.82, 2.24) is 9.55 Å². The number of rotatable bonds is 0. The van der Waals surface area contributed by atoms with Crippen LogP contribution in [0.2, 0.25) is 0 Å². The first kappa shape index (κ1) is 11.2. The van der Waals surface area contributed by atoms with E-state index in [4.69, 9.17) is 0 Å². The molecule has 1 aliphatic heterocycles. The van der Waals surface area contributed by atoms with E-state index in [1.54, 1.807) is 0 Å². The highest BCUT2D eigenvalue weighted by Gasteiger charge is 2.37. The third-order valence-corrected chi connectivity index (χ3v) is 5.03. The Hall–Kier alpha value is -1.64. The molecule has 1 fully saturated rings. The number of hydrogen-bond donors (Lipinski definition) is 0. The third kappa shape index (κ3) is 1.64. The molecule has 2 aromatic rings. The summed E-state index contributed by atoms with van der Waals surface area (Å²) in [5, 5.41) is 0.758. The number of benzene rings is 1. The fourth-order valence-corrected chi connectivity index (χ4v) is 3.98. The monoisotopic (exact) mass is 254 g/mol. The van der Waals surface area contributed by atoms with E-state index in [2.05, 4.69) is 15.6 Å². The molecular weight excluding hydrogens is 236 g/mol. The van der Waals surface area contributed by atoms with Gasteiger partial charge >= 0.3 is 0 Å². The summed E-state index contributed by atoms with van der Waals surface area (Å²) in [6.07, 6.45) is 7.56. The number of fused-ring (bicyclic) bond motifs is 3. The molecule has 2 heterocycles. The van der Waals surface area contributed by atoms with E-state index in [1.807, 2.05) is 18.2 Å². The lowest BCUT2D eigenvalue weighted by atomic mass is 9.77. The van der Waals surface area contributed by atoms with Crippen molar-refractivity contribution in [1.29, 1.82) is 0 Å². The van der Waals surface area contributed by atoms with E-state index in [0.29, 0.717) is 5.41 Å². The van der Waals surface area contributed by atoms with E-state index < -0.39 is 0 Å². The second kappa shape index (κ2) is 3.92. The molecule has 19 heavy (non-hydrogen) atoms. The first-order chi connectivity index (χ1) is 9.27. The van der Waals surface area contributed by atoms with Crippen molar-refractivity contribution in [2.45, 2.75) is 45.1 Å². The van der Waals surface area contributed by atoms with Gasteiger partial charge in [0.1, 0.15) is 5.82 Å². The molecule has 1 spiro atoms. The van der Waals surface area contributed by atoms with Gasteiger partial charge in [-0.3, -0.25) is 4.79 Å². The molecular formula is C16H18N2O. The highest BCUT2D eigenvalue weighted by atomic mass is 16.1. The lowest BCUT2D eigenvalue weighted by Crippen LogP contribution is -2.33. The van der Waals surface area contributed by atoms with Gasteiger partial charge in [0.2, 0.25) is 0 Å². The molecule has 2 aliphatic rings. The van der Waals surface area contributed by atoms with Crippen LogP contribution in [-0.2, 0) is 13.0 Å². The second-order valence-electron chi connectivity index (χ2n) is 6.14. The third-order valence-electron chi connectivity index (χ3n) is 5.03. The van der Waals surface area contributed by atoms with Gasteiger partial charge in [0.05, 0.1) is 10.9 Å². The van der Waals surface area contributed by atoms with E-state index >= 15 is 0 Å². The summed E-state index contributed by atoms with van der Waals surface area (Å²) in [7, 11) is 0. The Balaban J connectivity index is 1.90. The predicted molar refractivity (Wildman–Crippen MR) is 75.2 cm³/mol. The normalized spacial score (nSPS) is 20.8. The van der Waals surface area contributed by atoms with Gasteiger partial charge in [-0.05, 0) is 36.8 Å². The molecule has 3 nitrogen and oxygen atoms in total. The largest absolute Gasteiger partial charge is 0.329 e. The summed E-state index contributed by atoms with van der Waals surface area (Å²) in [6, 6.07) is 7.86. The van der Waals surface area contributed by atoms with Crippen LogP contribution in [0.1, 0.15) is 37.9 Å². The SMILES string of the molecule is O=c1nc2n(c3ccccc13)CCC1(CCCC1)C2. The van der Waals surface area contributed by atoms with Crippen LogP contribution < -0.4 is 5.56 Å². The van der Waals surface area contributed by atoms with Crippen LogP contribution in [0, 0.1) is 5.41 Å². The van der Waals surface area contributed by atoms with Gasteiger partial charge in [-0.2, -0.15) is 4.98 Å². The van der Waals surface area contributed by atoms with E-state index in [-0.39, 0.29) is 5.56 Å². The molecule has 0 atom stereocenters. The number of aryl methyl sites for hydroxylation is 1. The number of hydrogen-bond acceptors (Lipinski definition) is 2. The summed E-state index contributed by atoms with van der Waals surface area (Å²) < 4.78 is 2.26. The summed E-state index contributed by atoms with van der Waals surface area (Å²) >= 11 is 0. The Kier molecular flexibility index (Phi) is 2.32. The Morgan fingerprint density at radius 1 is 1.11 bits per heavy atom. The molecule has 0 saturated heterocycles. The fourth-order valence-electron chi connectivity index (χ4n) is 3.98. The van der Waals surface area contributed by atoms with Crippen LogP contribution in [-0.4, -0.2) is 9.55 Å². The molecule has 0 N–H and O–H groups in total. The van der Waals surface area contributed by atoms with Crippen LogP contribution in [0.4, 0.5) is 0 Å². The van der Waals surface area contributed by atoms with E-state index in [0.717, 1.165) is 29.7 Å². The smallest absolute Gasteiger partial charge is 0.280 e. The molecule has 0 amide bonds. The standard InChI is InChI=1S/C16H18N2O/c19-15-12-5-1-2-6-13(12)18-10-9-16(7-3-4-8-16)11-14(18)17-15/h1-2,5-6H,3-4,7-11H2. The summed E-state index contributed by atoms with van der Waals surface area (Å²) in [4.78, 5) is 16.5. The first-order valence-electron chi connectivity index (χ1n) is 7.26. The zero-order valence-corrected chi connectivity index (χ0v) is 11.1. The Morgan fingerprint density at radius 3 is 2.74 bits per heavy atom. The van der Waals surface area contributed by atoms with Crippen molar-refractivity contribution in [2.75, 3.05) is 0 Å². The molecule has 0 bridgehead atoms. The average molecular weight is 254 g/mol. The molecule has 1 aromatic carbocycles. The lowest BCUT2D eigenvalue weighted by Gasteiger charge is -2.35. The van der Waals surface area contributed by atoms with Crippen LogP contribution >= 0.6 is 0 Å². The molecule has 4 rings (SSSR count).